The maximum atomic E-state index is 11.7. The molecule has 1 saturated carbocycles. The normalized spacial score (nSPS) is 19.8. The Morgan fingerprint density at radius 2 is 2.00 bits per heavy atom. The van der Waals surface area contributed by atoms with Crippen LogP contribution in [-0.2, 0) is 9.59 Å². The molecular weight excluding hydrogens is 232 g/mol. The molecule has 0 radical (unpaired) electrons. The van der Waals surface area contributed by atoms with Gasteiger partial charge in [-0.05, 0) is 19.3 Å². The predicted molar refractivity (Wildman–Crippen MR) is 69.0 cm³/mol. The van der Waals surface area contributed by atoms with E-state index in [1.807, 2.05) is 0 Å². The molecule has 1 unspecified atom stereocenters. The number of nitrogens with two attached hydrogens (primary N) is 1. The molecule has 0 bridgehead atoms. The van der Waals surface area contributed by atoms with Crippen LogP contribution in [0.2, 0.25) is 0 Å². The van der Waals surface area contributed by atoms with Crippen molar-refractivity contribution < 1.29 is 14.7 Å². The lowest BCUT2D eigenvalue weighted by molar-refractivity contribution is -0.151. The Hall–Kier alpha value is -1.36. The summed E-state index contributed by atoms with van der Waals surface area (Å²) in [6.45, 7) is 3.69. The van der Waals surface area contributed by atoms with Gasteiger partial charge in [0.15, 0.2) is 0 Å². The van der Waals surface area contributed by atoms with Crippen molar-refractivity contribution in [3.63, 3.8) is 0 Å². The summed E-state index contributed by atoms with van der Waals surface area (Å²) in [4.78, 5) is 23.0. The first-order valence-corrected chi connectivity index (χ1v) is 6.39. The molecule has 0 aromatic heterocycles. The lowest BCUT2D eigenvalue weighted by atomic mass is 9.74. The van der Waals surface area contributed by atoms with Crippen molar-refractivity contribution in [3.8, 4) is 0 Å². The van der Waals surface area contributed by atoms with E-state index in [4.69, 9.17) is 5.73 Å². The van der Waals surface area contributed by atoms with Crippen LogP contribution in [0.4, 0.5) is 0 Å². The number of rotatable bonds is 6. The SMILES string of the molecule is C=CCC(N)C(=O)NCC1(C(=O)O)CCCCC1. The van der Waals surface area contributed by atoms with Crippen LogP contribution < -0.4 is 11.1 Å². The van der Waals surface area contributed by atoms with Crippen molar-refractivity contribution in [1.29, 1.82) is 0 Å². The summed E-state index contributed by atoms with van der Waals surface area (Å²) >= 11 is 0. The van der Waals surface area contributed by atoms with E-state index >= 15 is 0 Å². The standard InChI is InChI=1S/C13H22N2O3/c1-2-6-10(14)11(16)15-9-13(12(17)18)7-4-3-5-8-13/h2,10H,1,3-9,14H2,(H,15,16)(H,17,18). The van der Waals surface area contributed by atoms with E-state index in [0.717, 1.165) is 19.3 Å². The first-order valence-electron chi connectivity index (χ1n) is 6.39. The van der Waals surface area contributed by atoms with Gasteiger partial charge in [-0.25, -0.2) is 0 Å². The number of hydrogen-bond donors (Lipinski definition) is 3. The fourth-order valence-corrected chi connectivity index (χ4v) is 2.37. The topological polar surface area (TPSA) is 92.4 Å². The number of carbonyl (C=O) groups is 2. The van der Waals surface area contributed by atoms with E-state index in [1.54, 1.807) is 6.08 Å². The van der Waals surface area contributed by atoms with Crippen LogP contribution in [-0.4, -0.2) is 29.6 Å². The minimum absolute atomic E-state index is 0.173. The molecule has 5 nitrogen and oxygen atoms in total. The maximum absolute atomic E-state index is 11.7. The average molecular weight is 254 g/mol. The van der Waals surface area contributed by atoms with E-state index in [2.05, 4.69) is 11.9 Å². The molecule has 1 fully saturated rings. The fourth-order valence-electron chi connectivity index (χ4n) is 2.37. The van der Waals surface area contributed by atoms with Crippen LogP contribution in [0, 0.1) is 5.41 Å². The molecule has 1 rings (SSSR count). The fraction of sp³-hybridized carbons (Fsp3) is 0.692. The number of carbonyl (C=O) groups excluding carboxylic acids is 1. The van der Waals surface area contributed by atoms with Gasteiger partial charge in [0.05, 0.1) is 11.5 Å². The highest BCUT2D eigenvalue weighted by molar-refractivity contribution is 5.83. The Morgan fingerprint density at radius 3 is 2.50 bits per heavy atom. The molecule has 4 N–H and O–H groups in total. The third-order valence-corrected chi connectivity index (χ3v) is 3.62. The summed E-state index contributed by atoms with van der Waals surface area (Å²) in [6, 6.07) is -0.642. The van der Waals surface area contributed by atoms with Gasteiger partial charge < -0.3 is 16.2 Å². The average Bonchev–Trinajstić information content (AvgIpc) is 2.37. The van der Waals surface area contributed by atoms with Gasteiger partial charge >= 0.3 is 5.97 Å². The van der Waals surface area contributed by atoms with Crippen molar-refractivity contribution >= 4 is 11.9 Å². The number of carboxylic acids is 1. The van der Waals surface area contributed by atoms with Crippen LogP contribution >= 0.6 is 0 Å². The first-order chi connectivity index (χ1) is 8.52. The highest BCUT2D eigenvalue weighted by atomic mass is 16.4. The lowest BCUT2D eigenvalue weighted by Gasteiger charge is -2.33. The molecule has 0 aromatic carbocycles. The molecule has 0 heterocycles. The third kappa shape index (κ3) is 3.57. The molecule has 0 saturated heterocycles. The van der Waals surface area contributed by atoms with E-state index in [-0.39, 0.29) is 12.5 Å². The minimum Gasteiger partial charge on any atom is -0.481 e. The van der Waals surface area contributed by atoms with Crippen LogP contribution in [0.1, 0.15) is 38.5 Å². The molecule has 18 heavy (non-hydrogen) atoms. The Bertz CT molecular complexity index is 322. The van der Waals surface area contributed by atoms with E-state index in [9.17, 15) is 14.7 Å². The molecule has 0 spiro atoms. The number of hydrogen-bond acceptors (Lipinski definition) is 3. The van der Waals surface area contributed by atoms with E-state index in [0.29, 0.717) is 19.3 Å². The molecule has 102 valence electrons. The Labute approximate surface area is 107 Å². The molecule has 5 heteroatoms. The molecule has 1 aliphatic rings. The molecule has 0 aliphatic heterocycles. The molecule has 1 atom stereocenters. The van der Waals surface area contributed by atoms with Gasteiger partial charge in [0.2, 0.25) is 5.91 Å². The van der Waals surface area contributed by atoms with Gasteiger partial charge in [0, 0.05) is 6.54 Å². The predicted octanol–water partition coefficient (Wildman–Crippen LogP) is 1.04. The zero-order valence-corrected chi connectivity index (χ0v) is 10.7. The van der Waals surface area contributed by atoms with Gasteiger partial charge in [-0.15, -0.1) is 6.58 Å². The number of amides is 1. The number of carboxylic acid groups (broad SMARTS) is 1. The molecule has 1 aliphatic carbocycles. The summed E-state index contributed by atoms with van der Waals surface area (Å²) in [6.07, 6.45) is 6.10. The minimum atomic E-state index is -0.820. The van der Waals surface area contributed by atoms with Gasteiger partial charge in [0.25, 0.3) is 0 Å². The van der Waals surface area contributed by atoms with E-state index in [1.165, 1.54) is 0 Å². The van der Waals surface area contributed by atoms with Gasteiger partial charge in [-0.1, -0.05) is 25.3 Å². The Balaban J connectivity index is 2.55. The zero-order valence-electron chi connectivity index (χ0n) is 10.7. The highest BCUT2D eigenvalue weighted by Crippen LogP contribution is 2.35. The number of nitrogens with one attached hydrogen (secondary N) is 1. The van der Waals surface area contributed by atoms with Crippen LogP contribution in [0.25, 0.3) is 0 Å². The van der Waals surface area contributed by atoms with Crippen LogP contribution in [0.3, 0.4) is 0 Å². The summed E-state index contributed by atoms with van der Waals surface area (Å²) in [5, 5.41) is 12.0. The largest absolute Gasteiger partial charge is 0.481 e. The van der Waals surface area contributed by atoms with Crippen LogP contribution in [0.15, 0.2) is 12.7 Å². The van der Waals surface area contributed by atoms with E-state index < -0.39 is 17.4 Å². The van der Waals surface area contributed by atoms with Gasteiger partial charge in [-0.2, -0.15) is 0 Å². The van der Waals surface area contributed by atoms with Crippen molar-refractivity contribution in [2.24, 2.45) is 11.1 Å². The third-order valence-electron chi connectivity index (χ3n) is 3.62. The molecular formula is C13H22N2O3. The summed E-state index contributed by atoms with van der Waals surface area (Å²) < 4.78 is 0. The Kier molecular flexibility index (Phi) is 5.34. The first kappa shape index (κ1) is 14.7. The quantitative estimate of drug-likeness (QED) is 0.617. The zero-order chi connectivity index (χ0) is 13.6. The lowest BCUT2D eigenvalue weighted by Crippen LogP contribution is -2.48. The van der Waals surface area contributed by atoms with Crippen molar-refractivity contribution in [2.75, 3.05) is 6.54 Å². The maximum Gasteiger partial charge on any atom is 0.311 e. The summed E-state index contributed by atoms with van der Waals surface area (Å²) in [7, 11) is 0. The highest BCUT2D eigenvalue weighted by Gasteiger charge is 2.39. The monoisotopic (exact) mass is 254 g/mol. The summed E-state index contributed by atoms with van der Waals surface area (Å²) in [5.41, 5.74) is 4.83. The van der Waals surface area contributed by atoms with Crippen molar-refractivity contribution in [2.45, 2.75) is 44.6 Å². The number of aliphatic carboxylic acids is 1. The van der Waals surface area contributed by atoms with Crippen molar-refractivity contribution in [3.05, 3.63) is 12.7 Å². The second-order valence-corrected chi connectivity index (χ2v) is 4.99. The smallest absolute Gasteiger partial charge is 0.311 e. The van der Waals surface area contributed by atoms with Gasteiger partial charge in [0.1, 0.15) is 0 Å². The second kappa shape index (κ2) is 6.54. The Morgan fingerprint density at radius 1 is 1.39 bits per heavy atom. The van der Waals surface area contributed by atoms with Gasteiger partial charge in [-0.3, -0.25) is 9.59 Å². The second-order valence-electron chi connectivity index (χ2n) is 4.99. The molecule has 1 amide bonds. The summed E-state index contributed by atoms with van der Waals surface area (Å²) in [5.74, 6) is -1.12. The van der Waals surface area contributed by atoms with Crippen molar-refractivity contribution in [1.82, 2.24) is 5.32 Å². The van der Waals surface area contributed by atoms with Crippen LogP contribution in [0.5, 0.6) is 0 Å². The molecule has 0 aromatic rings.